The molecule has 5 nitrogen and oxygen atoms in total. The first-order chi connectivity index (χ1) is 11.0. The minimum Gasteiger partial charge on any atom is -0.426 e. The molecule has 0 aromatic heterocycles. The largest absolute Gasteiger partial charge is 0.426 e. The minimum absolute atomic E-state index is 0.0968. The summed E-state index contributed by atoms with van der Waals surface area (Å²) in [7, 11) is 1.56. The summed E-state index contributed by atoms with van der Waals surface area (Å²) in [6, 6.07) is 9.31. The maximum atomic E-state index is 11.7. The Kier molecular flexibility index (Phi) is 5.43. The maximum Gasteiger partial charge on any atom is 0.296 e. The number of amides is 2. The number of hydrogen-bond donors (Lipinski definition) is 0. The van der Waals surface area contributed by atoms with E-state index in [-0.39, 0.29) is 22.7 Å². The van der Waals surface area contributed by atoms with Crippen molar-refractivity contribution in [2.45, 2.75) is 6.92 Å². The van der Waals surface area contributed by atoms with Gasteiger partial charge in [0, 0.05) is 25.9 Å². The lowest BCUT2D eigenvalue weighted by molar-refractivity contribution is -0.122. The van der Waals surface area contributed by atoms with Crippen molar-refractivity contribution in [3.05, 3.63) is 66.6 Å². The third-order valence-corrected chi connectivity index (χ3v) is 3.42. The summed E-state index contributed by atoms with van der Waals surface area (Å²) in [6.07, 6.45) is 8.23. The third kappa shape index (κ3) is 4.14. The minimum atomic E-state index is -0.279. The molecule has 23 heavy (non-hydrogen) atoms. The Morgan fingerprint density at radius 3 is 2.48 bits per heavy atom. The number of nitrogens with zero attached hydrogens (tertiary/aromatic N) is 2. The molecule has 0 saturated carbocycles. The molecule has 2 amide bonds. The number of allylic oxidation sites excluding steroid dienone is 4. The van der Waals surface area contributed by atoms with Gasteiger partial charge in [-0.1, -0.05) is 30.4 Å². The van der Waals surface area contributed by atoms with Crippen LogP contribution in [-0.4, -0.2) is 28.9 Å². The Hall–Kier alpha value is -2.73. The molecular weight excluding hydrogens is 312 g/mol. The highest BCUT2D eigenvalue weighted by molar-refractivity contribution is 7.80. The predicted molar refractivity (Wildman–Crippen MR) is 92.4 cm³/mol. The molecule has 118 valence electrons. The van der Waals surface area contributed by atoms with Gasteiger partial charge in [0.15, 0.2) is 5.76 Å². The Labute approximate surface area is 140 Å². The number of para-hydroxylation sites is 1. The summed E-state index contributed by atoms with van der Waals surface area (Å²) in [5.41, 5.74) is 0.782. The van der Waals surface area contributed by atoms with Gasteiger partial charge in [-0.15, -0.1) is 0 Å². The van der Waals surface area contributed by atoms with Crippen molar-refractivity contribution in [2.24, 2.45) is 0 Å². The monoisotopic (exact) mass is 328 g/mol. The zero-order valence-corrected chi connectivity index (χ0v) is 13.6. The number of likely N-dealkylation sites (N-methyl/N-ethyl adjacent to an activating group) is 1. The molecule has 1 heterocycles. The van der Waals surface area contributed by atoms with Gasteiger partial charge in [-0.2, -0.15) is 0 Å². The van der Waals surface area contributed by atoms with Crippen molar-refractivity contribution >= 4 is 34.9 Å². The molecule has 1 fully saturated rings. The SMILES string of the molecule is CC(=O)N(/C=C/C=C/C=C1\OC(=S)N(C)C1=O)c1ccccc1. The van der Waals surface area contributed by atoms with Crippen molar-refractivity contribution < 1.29 is 14.3 Å². The summed E-state index contributed by atoms with van der Waals surface area (Å²) in [6.45, 7) is 1.49. The van der Waals surface area contributed by atoms with Gasteiger partial charge in [-0.25, -0.2) is 0 Å². The quantitative estimate of drug-likeness (QED) is 0.484. The van der Waals surface area contributed by atoms with Crippen LogP contribution in [0.15, 0.2) is 66.6 Å². The molecule has 1 aliphatic heterocycles. The third-order valence-electron chi connectivity index (χ3n) is 3.07. The van der Waals surface area contributed by atoms with Gasteiger partial charge in [0.25, 0.3) is 11.1 Å². The van der Waals surface area contributed by atoms with Crippen molar-refractivity contribution in [1.82, 2.24) is 4.90 Å². The molecule has 0 radical (unpaired) electrons. The first kappa shape index (κ1) is 16.6. The van der Waals surface area contributed by atoms with Crippen molar-refractivity contribution in [1.29, 1.82) is 0 Å². The number of benzene rings is 1. The standard InChI is InChI=1S/C17H16N2O3S/c1-13(20)19(14-9-5-3-6-10-14)12-8-4-7-11-15-16(21)18(2)17(23)22-15/h3-12H,1-2H3/b7-4+,12-8+,15-11-. The van der Waals surface area contributed by atoms with E-state index in [1.165, 1.54) is 22.8 Å². The van der Waals surface area contributed by atoms with E-state index in [0.717, 1.165) is 5.69 Å². The lowest BCUT2D eigenvalue weighted by Gasteiger charge is -2.15. The zero-order valence-electron chi connectivity index (χ0n) is 12.8. The number of anilines is 1. The molecule has 1 aromatic rings. The van der Waals surface area contributed by atoms with Crippen LogP contribution in [0.3, 0.4) is 0 Å². The van der Waals surface area contributed by atoms with E-state index in [2.05, 4.69) is 0 Å². The van der Waals surface area contributed by atoms with Crippen LogP contribution in [-0.2, 0) is 14.3 Å². The van der Waals surface area contributed by atoms with Gasteiger partial charge >= 0.3 is 0 Å². The van der Waals surface area contributed by atoms with Crippen LogP contribution in [0.2, 0.25) is 0 Å². The lowest BCUT2D eigenvalue weighted by Crippen LogP contribution is -2.22. The highest BCUT2D eigenvalue weighted by Crippen LogP contribution is 2.15. The van der Waals surface area contributed by atoms with E-state index >= 15 is 0 Å². The molecule has 0 spiro atoms. The number of rotatable bonds is 4. The zero-order chi connectivity index (χ0) is 16.8. The van der Waals surface area contributed by atoms with Crippen molar-refractivity contribution in [3.63, 3.8) is 0 Å². The van der Waals surface area contributed by atoms with Gasteiger partial charge < -0.3 is 4.74 Å². The van der Waals surface area contributed by atoms with Crippen LogP contribution in [0.5, 0.6) is 0 Å². The number of carbonyl (C=O) groups excluding carboxylic acids is 2. The number of hydrogen-bond acceptors (Lipinski definition) is 4. The summed E-state index contributed by atoms with van der Waals surface area (Å²) in [4.78, 5) is 26.2. The average Bonchev–Trinajstić information content (AvgIpc) is 2.78. The molecule has 2 rings (SSSR count). The molecule has 0 bridgehead atoms. The van der Waals surface area contributed by atoms with Gasteiger partial charge in [0.05, 0.1) is 0 Å². The summed E-state index contributed by atoms with van der Waals surface area (Å²) < 4.78 is 5.15. The van der Waals surface area contributed by atoms with Crippen LogP contribution in [0, 0.1) is 0 Å². The van der Waals surface area contributed by atoms with Gasteiger partial charge in [0.2, 0.25) is 5.91 Å². The highest BCUT2D eigenvalue weighted by Gasteiger charge is 2.29. The number of thiocarbonyl (C=S) groups is 1. The highest BCUT2D eigenvalue weighted by atomic mass is 32.1. The Morgan fingerprint density at radius 2 is 1.91 bits per heavy atom. The lowest BCUT2D eigenvalue weighted by atomic mass is 10.3. The summed E-state index contributed by atoms with van der Waals surface area (Å²) in [5.74, 6) is -0.201. The molecular formula is C17H16N2O3S. The molecule has 6 heteroatoms. The van der Waals surface area contributed by atoms with Gasteiger partial charge in [-0.3, -0.25) is 19.4 Å². The molecule has 1 aromatic carbocycles. The summed E-state index contributed by atoms with van der Waals surface area (Å²) in [5, 5.41) is 0.136. The van der Waals surface area contributed by atoms with Crippen LogP contribution >= 0.6 is 12.2 Å². The van der Waals surface area contributed by atoms with Gasteiger partial charge in [0.1, 0.15) is 0 Å². The molecule has 0 unspecified atom stereocenters. The smallest absolute Gasteiger partial charge is 0.296 e. The van der Waals surface area contributed by atoms with E-state index in [9.17, 15) is 9.59 Å². The molecule has 0 aliphatic carbocycles. The topological polar surface area (TPSA) is 49.9 Å². The predicted octanol–water partition coefficient (Wildman–Crippen LogP) is 2.77. The Bertz CT molecular complexity index is 708. The van der Waals surface area contributed by atoms with Crippen molar-refractivity contribution in [2.75, 3.05) is 11.9 Å². The van der Waals surface area contributed by atoms with Crippen LogP contribution in [0.1, 0.15) is 6.92 Å². The van der Waals surface area contributed by atoms with E-state index in [1.807, 2.05) is 30.3 Å². The molecule has 1 saturated heterocycles. The van der Waals surface area contributed by atoms with E-state index < -0.39 is 0 Å². The van der Waals surface area contributed by atoms with Crippen molar-refractivity contribution in [3.8, 4) is 0 Å². The van der Waals surface area contributed by atoms with E-state index in [4.69, 9.17) is 17.0 Å². The van der Waals surface area contributed by atoms with E-state index in [0.29, 0.717) is 0 Å². The average molecular weight is 328 g/mol. The Balaban J connectivity index is 2.04. The second-order valence-corrected chi connectivity index (χ2v) is 5.06. The number of carbonyl (C=O) groups is 2. The molecule has 1 aliphatic rings. The second kappa shape index (κ2) is 7.51. The Morgan fingerprint density at radius 1 is 1.22 bits per heavy atom. The molecule has 0 atom stereocenters. The van der Waals surface area contributed by atoms with Crippen LogP contribution in [0.4, 0.5) is 5.69 Å². The first-order valence-corrected chi connectivity index (χ1v) is 7.31. The first-order valence-electron chi connectivity index (χ1n) is 6.90. The fraction of sp³-hybridized carbons (Fsp3) is 0.118. The van der Waals surface area contributed by atoms with Crippen LogP contribution in [0.25, 0.3) is 0 Å². The van der Waals surface area contributed by atoms with E-state index in [1.54, 1.807) is 31.5 Å². The van der Waals surface area contributed by atoms with Crippen LogP contribution < -0.4 is 4.90 Å². The normalized spacial score (nSPS) is 16.6. The maximum absolute atomic E-state index is 11.7. The fourth-order valence-electron chi connectivity index (χ4n) is 1.86. The number of ether oxygens (including phenoxy) is 1. The van der Waals surface area contributed by atoms with Gasteiger partial charge in [-0.05, 0) is 36.5 Å². The fourth-order valence-corrected chi connectivity index (χ4v) is 2.04. The summed E-state index contributed by atoms with van der Waals surface area (Å²) >= 11 is 4.87. The second-order valence-electron chi connectivity index (χ2n) is 4.71. The molecule has 0 N–H and O–H groups in total.